The molecule has 0 spiro atoms. The maximum Gasteiger partial charge on any atom is 3.00 e. The number of hydrogen-bond acceptors (Lipinski definition) is 4. The van der Waals surface area contributed by atoms with Crippen molar-refractivity contribution in [1.82, 2.24) is 0 Å². The van der Waals surface area contributed by atoms with Crippen LogP contribution in [0.2, 0.25) is 0 Å². The Morgan fingerprint density at radius 3 is 0.905 bits per heavy atom. The molecule has 0 heterocycles. The maximum absolute atomic E-state index is 9.49. The Labute approximate surface area is 137 Å². The van der Waals surface area contributed by atoms with Crippen LogP contribution in [0.4, 0.5) is 0 Å². The number of carbonyl (C=O) groups excluding carboxylic acids is 2. The summed E-state index contributed by atoms with van der Waals surface area (Å²) in [7, 11) is 0. The monoisotopic (exact) mass is 349 g/mol. The second kappa shape index (κ2) is 36.5. The third-order valence-electron chi connectivity index (χ3n) is 1.16. The molecule has 0 aliphatic rings. The fourth-order valence-corrected chi connectivity index (χ4v) is 0.408. The molecule has 0 aromatic rings. The largest absolute Gasteiger partial charge is 3.00 e. The van der Waals surface area contributed by atoms with Crippen LogP contribution in [-0.4, -0.2) is 38.1 Å². The van der Waals surface area contributed by atoms with Crippen molar-refractivity contribution in [3.8, 4) is 0 Å². The molecule has 0 saturated heterocycles. The van der Waals surface area contributed by atoms with E-state index >= 15 is 0 Å². The number of nitrogens with one attached hydrogen (secondary N) is 4. The van der Waals surface area contributed by atoms with Gasteiger partial charge in [0, 0.05) is 11.9 Å². The van der Waals surface area contributed by atoms with Gasteiger partial charge in [-0.05, 0) is 12.8 Å². The molecule has 0 aliphatic carbocycles. The van der Waals surface area contributed by atoms with Gasteiger partial charge in [0.15, 0.2) is 0 Å². The van der Waals surface area contributed by atoms with Gasteiger partial charge in [0.2, 0.25) is 0 Å². The van der Waals surface area contributed by atoms with E-state index in [2.05, 4.69) is 0 Å². The van der Waals surface area contributed by atoms with E-state index in [0.29, 0.717) is 12.8 Å². The number of carboxylic acid groups (broad SMARTS) is 2. The van der Waals surface area contributed by atoms with Crippen LogP contribution in [0.15, 0.2) is 0 Å². The Balaban J connectivity index is -0.0000000544. The quantitative estimate of drug-likeness (QED) is 0.701. The van der Waals surface area contributed by atoms with Crippen LogP contribution in [0.1, 0.15) is 39.5 Å². The Morgan fingerprint density at radius 2 is 0.905 bits per heavy atom. The molecule has 8 nitrogen and oxygen atoms in total. The smallest absolute Gasteiger partial charge is 0.679 e. The average molecular weight is 349 g/mol. The van der Waals surface area contributed by atoms with Crippen molar-refractivity contribution in [2.45, 2.75) is 39.5 Å². The summed E-state index contributed by atoms with van der Waals surface area (Å²) in [4.78, 5) is 19.0. The molecule has 9 heteroatoms. The molecule has 0 aliphatic heterocycles. The zero-order valence-corrected chi connectivity index (χ0v) is 13.7. The predicted molar refractivity (Wildman–Crippen MR) is 76.6 cm³/mol. The summed E-state index contributed by atoms with van der Waals surface area (Å²) in [6, 6.07) is 0. The third kappa shape index (κ3) is 109. The zero-order chi connectivity index (χ0) is 16.8. The van der Waals surface area contributed by atoms with Crippen molar-refractivity contribution in [3.63, 3.8) is 0 Å². The second-order valence-electron chi connectivity index (χ2n) is 3.24. The Morgan fingerprint density at radius 1 is 0.714 bits per heavy atom. The fourth-order valence-electron chi connectivity index (χ4n) is 0.408. The van der Waals surface area contributed by atoms with Crippen molar-refractivity contribution in [2.24, 2.45) is 0 Å². The van der Waals surface area contributed by atoms with Crippen LogP contribution >= 0.6 is 0 Å². The molecular weight excluding hydrogens is 323 g/mol. The van der Waals surface area contributed by atoms with E-state index in [1.165, 1.54) is 0 Å². The second-order valence-corrected chi connectivity index (χ2v) is 3.24. The summed E-state index contributed by atoms with van der Waals surface area (Å²) in [6.07, 6.45) is 1.70. The molecule has 0 atom stereocenters. The van der Waals surface area contributed by atoms with Gasteiger partial charge in [0.1, 0.15) is 0 Å². The van der Waals surface area contributed by atoms with Crippen molar-refractivity contribution in [2.75, 3.05) is 26.2 Å². The minimum Gasteiger partial charge on any atom is -0.679 e. The summed E-state index contributed by atoms with van der Waals surface area (Å²) >= 11 is 0. The molecule has 0 radical (unpaired) electrons. The van der Waals surface area contributed by atoms with Crippen LogP contribution in [0.5, 0.6) is 0 Å². The zero-order valence-electron chi connectivity index (χ0n) is 12.6. The molecule has 0 bridgehead atoms. The van der Waals surface area contributed by atoms with E-state index in [1.807, 2.05) is 0 Å². The molecule has 0 rings (SSSR count). The summed E-state index contributed by atoms with van der Waals surface area (Å²) in [5, 5.41) is 19.0. The molecule has 0 fully saturated rings. The number of carbonyl (C=O) groups is 2. The van der Waals surface area contributed by atoms with Crippen molar-refractivity contribution in [1.29, 1.82) is 0 Å². The van der Waals surface area contributed by atoms with Gasteiger partial charge in [-0.25, -0.2) is 0 Å². The first-order chi connectivity index (χ1) is 9.37. The normalized spacial score (nSPS) is 7.52. The molecule has 4 N–H and O–H groups in total. The number of carboxylic acids is 2. The van der Waals surface area contributed by atoms with Crippen LogP contribution in [-0.2, 0) is 26.4 Å². The van der Waals surface area contributed by atoms with E-state index in [-0.39, 0.29) is 55.8 Å². The minimum absolute atomic E-state index is 0. The number of aliphatic carboxylic acids is 2. The van der Waals surface area contributed by atoms with Gasteiger partial charge in [-0.15, -0.1) is 0 Å². The summed E-state index contributed by atoms with van der Waals surface area (Å²) < 4.78 is 0. The fraction of sp³-hybridized carbons (Fsp3) is 0.833. The Bertz CT molecular complexity index is 174. The van der Waals surface area contributed by atoms with E-state index in [1.54, 1.807) is 13.8 Å². The Hall–Kier alpha value is -0.714. The van der Waals surface area contributed by atoms with E-state index in [0.717, 1.165) is 0 Å². The molecule has 0 aromatic heterocycles. The molecule has 0 amide bonds. The molecule has 21 heavy (non-hydrogen) atoms. The summed E-state index contributed by atoms with van der Waals surface area (Å²) in [6.45, 7) is 4.55. The van der Waals surface area contributed by atoms with E-state index in [9.17, 15) is 19.8 Å². The molecule has 130 valence electrons. The van der Waals surface area contributed by atoms with Crippen molar-refractivity contribution < 1.29 is 36.6 Å². The van der Waals surface area contributed by atoms with Crippen LogP contribution in [0.3, 0.4) is 0 Å². The van der Waals surface area contributed by atoms with Gasteiger partial charge in [-0.1, -0.05) is 26.7 Å². The van der Waals surface area contributed by atoms with Gasteiger partial charge >= 0.3 is 16.8 Å². The first-order valence-electron chi connectivity index (χ1n) is 6.35. The van der Waals surface area contributed by atoms with Gasteiger partial charge in [0.25, 0.3) is 0 Å². The van der Waals surface area contributed by atoms with E-state index < -0.39 is 11.9 Å². The minimum atomic E-state index is -0.961. The first kappa shape index (κ1) is 32.3. The Kier molecular flexibility index (Phi) is 56.2. The topological polar surface area (TPSA) is 175 Å². The molecule has 0 saturated carbocycles. The van der Waals surface area contributed by atoms with Crippen molar-refractivity contribution >= 4 is 11.9 Å². The summed E-state index contributed by atoms with van der Waals surface area (Å²) in [5.74, 6) is -1.92. The standard InChI is InChI=1S/2C4H8O2.2C2H6N2.Co/c2*1-2-3-4(5)6;2*3-1-2-4;/h2*2-3H2,1H3,(H,5,6);2*3-4H,1-2H2;/q;;2*-2;+3/p-2. The third-order valence-corrected chi connectivity index (χ3v) is 1.16. The summed E-state index contributed by atoms with van der Waals surface area (Å²) in [5.41, 5.74) is 25.1. The van der Waals surface area contributed by atoms with Crippen LogP contribution in [0.25, 0.3) is 22.9 Å². The molecule has 0 unspecified atom stereocenters. The van der Waals surface area contributed by atoms with Crippen molar-refractivity contribution in [3.05, 3.63) is 22.9 Å². The number of hydrogen-bond donors (Lipinski definition) is 0. The van der Waals surface area contributed by atoms with Gasteiger partial charge in [-0.3, -0.25) is 0 Å². The SMILES string of the molecule is CCCC(=O)[O-].CCCC(=O)[O-].[Co+3].[NH-]CC[NH-].[NH-]CC[NH-]. The van der Waals surface area contributed by atoms with Gasteiger partial charge in [-0.2, -0.15) is 26.2 Å². The molecular formula is C12H26CoN4O4-3. The number of rotatable bonds is 6. The van der Waals surface area contributed by atoms with E-state index in [4.69, 9.17) is 22.9 Å². The maximum atomic E-state index is 9.49. The average Bonchev–Trinajstić information content (AvgIpc) is 2.39. The molecule has 0 aromatic carbocycles. The van der Waals surface area contributed by atoms with Crippen LogP contribution in [0, 0.1) is 0 Å². The predicted octanol–water partition coefficient (Wildman–Crippen LogP) is 1.25. The van der Waals surface area contributed by atoms with Gasteiger partial charge in [0.05, 0.1) is 0 Å². The van der Waals surface area contributed by atoms with Crippen LogP contribution < -0.4 is 10.2 Å². The first-order valence-corrected chi connectivity index (χ1v) is 6.35. The van der Waals surface area contributed by atoms with Gasteiger partial charge < -0.3 is 42.7 Å².